The Morgan fingerprint density at radius 1 is 1.75 bits per heavy atom. The zero-order valence-electron chi connectivity index (χ0n) is 9.14. The van der Waals surface area contributed by atoms with E-state index in [4.69, 9.17) is 9.84 Å². The maximum Gasteiger partial charge on any atom is 0.295 e. The summed E-state index contributed by atoms with van der Waals surface area (Å²) in [5.41, 5.74) is -0.278. The van der Waals surface area contributed by atoms with Gasteiger partial charge in [0.15, 0.2) is 5.82 Å². The molecule has 2 rings (SSSR count). The number of hydrogen-bond acceptors (Lipinski definition) is 5. The Hall–Kier alpha value is -1.56. The lowest BCUT2D eigenvalue weighted by atomic mass is 10.1. The molecule has 0 spiro atoms. The minimum Gasteiger partial charge on any atom is -0.489 e. The summed E-state index contributed by atoms with van der Waals surface area (Å²) in [6.45, 7) is 1.67. The molecule has 0 aromatic carbocycles. The highest BCUT2D eigenvalue weighted by Gasteiger charge is 2.25. The van der Waals surface area contributed by atoms with Crippen LogP contribution in [-0.4, -0.2) is 41.9 Å². The Balaban J connectivity index is 2.27. The van der Waals surface area contributed by atoms with E-state index in [1.165, 1.54) is 13.4 Å². The standard InChI is InChI=1S/C10H15N3O3/c1-16-8-9(11-6-12-10(8)15)13-3-2-7(4-13)5-14/h6-7,14H,2-5H2,1H3,(H,11,12,15). The predicted molar refractivity (Wildman–Crippen MR) is 58.8 cm³/mol. The van der Waals surface area contributed by atoms with Crippen molar-refractivity contribution in [3.63, 3.8) is 0 Å². The van der Waals surface area contributed by atoms with Crippen LogP contribution in [0.25, 0.3) is 0 Å². The molecule has 1 saturated heterocycles. The van der Waals surface area contributed by atoms with Crippen molar-refractivity contribution in [1.29, 1.82) is 0 Å². The van der Waals surface area contributed by atoms with Crippen molar-refractivity contribution in [1.82, 2.24) is 9.97 Å². The molecule has 6 nitrogen and oxygen atoms in total. The zero-order chi connectivity index (χ0) is 11.5. The lowest BCUT2D eigenvalue weighted by Crippen LogP contribution is -2.25. The van der Waals surface area contributed by atoms with E-state index < -0.39 is 0 Å². The molecule has 0 amide bonds. The second-order valence-corrected chi connectivity index (χ2v) is 3.87. The quantitative estimate of drug-likeness (QED) is 0.731. The molecule has 1 aromatic heterocycles. The Kier molecular flexibility index (Phi) is 3.09. The first kappa shape index (κ1) is 10.9. The molecule has 88 valence electrons. The summed E-state index contributed by atoms with van der Waals surface area (Å²) < 4.78 is 5.05. The van der Waals surface area contributed by atoms with Crippen LogP contribution >= 0.6 is 0 Å². The number of anilines is 1. The lowest BCUT2D eigenvalue weighted by molar-refractivity contribution is 0.238. The van der Waals surface area contributed by atoms with Crippen molar-refractivity contribution in [3.8, 4) is 5.75 Å². The Morgan fingerprint density at radius 3 is 3.19 bits per heavy atom. The summed E-state index contributed by atoms with van der Waals surface area (Å²) in [5.74, 6) is 1.05. The average Bonchev–Trinajstić information content (AvgIpc) is 2.77. The van der Waals surface area contributed by atoms with Gasteiger partial charge in [-0.15, -0.1) is 0 Å². The molecule has 1 aliphatic heterocycles. The van der Waals surface area contributed by atoms with E-state index in [9.17, 15) is 4.79 Å². The van der Waals surface area contributed by atoms with Crippen LogP contribution < -0.4 is 15.2 Å². The normalized spacial score (nSPS) is 20.1. The number of nitrogens with one attached hydrogen (secondary N) is 1. The van der Waals surface area contributed by atoms with Crippen molar-refractivity contribution >= 4 is 5.82 Å². The molecule has 0 bridgehead atoms. The van der Waals surface area contributed by atoms with Gasteiger partial charge in [0.1, 0.15) is 0 Å². The van der Waals surface area contributed by atoms with Gasteiger partial charge >= 0.3 is 0 Å². The molecular formula is C10H15N3O3. The second-order valence-electron chi connectivity index (χ2n) is 3.87. The van der Waals surface area contributed by atoms with Gasteiger partial charge in [-0.3, -0.25) is 4.79 Å². The highest BCUT2D eigenvalue weighted by molar-refractivity contribution is 5.51. The first-order chi connectivity index (χ1) is 7.76. The van der Waals surface area contributed by atoms with E-state index in [1.807, 2.05) is 4.90 Å². The van der Waals surface area contributed by atoms with Crippen molar-refractivity contribution in [2.75, 3.05) is 31.7 Å². The van der Waals surface area contributed by atoms with Gasteiger partial charge in [-0.05, 0) is 6.42 Å². The molecule has 1 atom stereocenters. The number of hydrogen-bond donors (Lipinski definition) is 2. The van der Waals surface area contributed by atoms with Crippen molar-refractivity contribution < 1.29 is 9.84 Å². The van der Waals surface area contributed by atoms with Gasteiger partial charge < -0.3 is 19.7 Å². The van der Waals surface area contributed by atoms with Crippen LogP contribution in [0.2, 0.25) is 0 Å². The third-order valence-corrected chi connectivity index (χ3v) is 2.84. The fourth-order valence-electron chi connectivity index (χ4n) is 1.96. The Labute approximate surface area is 92.9 Å². The van der Waals surface area contributed by atoms with E-state index in [2.05, 4.69) is 9.97 Å². The molecule has 1 aliphatic rings. The lowest BCUT2D eigenvalue weighted by Gasteiger charge is -2.18. The molecular weight excluding hydrogens is 210 g/mol. The number of rotatable bonds is 3. The molecule has 2 heterocycles. The number of nitrogens with zero attached hydrogens (tertiary/aromatic N) is 2. The number of aromatic nitrogens is 2. The summed E-state index contributed by atoms with van der Waals surface area (Å²) in [4.78, 5) is 20.0. The van der Waals surface area contributed by atoms with Crippen LogP contribution in [0.3, 0.4) is 0 Å². The minimum atomic E-state index is -0.278. The summed E-state index contributed by atoms with van der Waals surface area (Å²) >= 11 is 0. The highest BCUT2D eigenvalue weighted by atomic mass is 16.5. The smallest absolute Gasteiger partial charge is 0.295 e. The largest absolute Gasteiger partial charge is 0.489 e. The van der Waals surface area contributed by atoms with Gasteiger partial charge in [0.2, 0.25) is 5.75 Å². The molecule has 0 saturated carbocycles. The van der Waals surface area contributed by atoms with E-state index in [0.29, 0.717) is 12.4 Å². The fourth-order valence-corrected chi connectivity index (χ4v) is 1.96. The number of aromatic amines is 1. The summed E-state index contributed by atoms with van der Waals surface area (Å²) in [5, 5.41) is 9.07. The Morgan fingerprint density at radius 2 is 2.56 bits per heavy atom. The number of aliphatic hydroxyl groups excluding tert-OH is 1. The summed E-state index contributed by atoms with van der Waals surface area (Å²) in [6, 6.07) is 0. The van der Waals surface area contributed by atoms with Gasteiger partial charge in [0.05, 0.1) is 13.4 Å². The number of aliphatic hydroxyl groups is 1. The van der Waals surface area contributed by atoms with Gasteiger partial charge in [0, 0.05) is 25.6 Å². The number of ether oxygens (including phenoxy) is 1. The average molecular weight is 225 g/mol. The van der Waals surface area contributed by atoms with Crippen molar-refractivity contribution in [2.24, 2.45) is 5.92 Å². The Bertz CT molecular complexity index is 418. The van der Waals surface area contributed by atoms with Gasteiger partial charge in [-0.25, -0.2) is 4.98 Å². The van der Waals surface area contributed by atoms with Crippen LogP contribution in [0.5, 0.6) is 5.75 Å². The molecule has 0 radical (unpaired) electrons. The highest BCUT2D eigenvalue weighted by Crippen LogP contribution is 2.26. The third kappa shape index (κ3) is 1.88. The topological polar surface area (TPSA) is 78.5 Å². The first-order valence-corrected chi connectivity index (χ1v) is 5.23. The zero-order valence-corrected chi connectivity index (χ0v) is 9.14. The van der Waals surface area contributed by atoms with Crippen LogP contribution in [0.4, 0.5) is 5.82 Å². The maximum absolute atomic E-state index is 11.5. The maximum atomic E-state index is 11.5. The van der Waals surface area contributed by atoms with Crippen LogP contribution in [0.15, 0.2) is 11.1 Å². The molecule has 6 heteroatoms. The summed E-state index contributed by atoms with van der Waals surface area (Å²) in [7, 11) is 1.45. The van der Waals surface area contributed by atoms with E-state index in [1.54, 1.807) is 0 Å². The van der Waals surface area contributed by atoms with Gasteiger partial charge in [-0.1, -0.05) is 0 Å². The second kappa shape index (κ2) is 4.52. The molecule has 1 aromatic rings. The molecule has 1 fully saturated rings. The van der Waals surface area contributed by atoms with E-state index in [-0.39, 0.29) is 23.8 Å². The SMILES string of the molecule is COc1c(N2CCC(CO)C2)nc[nH]c1=O. The monoisotopic (exact) mass is 225 g/mol. The predicted octanol–water partition coefficient (Wildman–Crippen LogP) is -0.403. The first-order valence-electron chi connectivity index (χ1n) is 5.23. The van der Waals surface area contributed by atoms with E-state index in [0.717, 1.165) is 13.0 Å². The molecule has 1 unspecified atom stereocenters. The summed E-state index contributed by atoms with van der Waals surface area (Å²) in [6.07, 6.45) is 2.28. The number of H-pyrrole nitrogens is 1. The van der Waals surface area contributed by atoms with Crippen LogP contribution in [0, 0.1) is 5.92 Å². The van der Waals surface area contributed by atoms with Gasteiger partial charge in [0.25, 0.3) is 5.56 Å². The van der Waals surface area contributed by atoms with Crippen molar-refractivity contribution in [3.05, 3.63) is 16.7 Å². The minimum absolute atomic E-state index is 0.169. The van der Waals surface area contributed by atoms with Crippen LogP contribution in [0.1, 0.15) is 6.42 Å². The van der Waals surface area contributed by atoms with E-state index >= 15 is 0 Å². The number of methoxy groups -OCH3 is 1. The van der Waals surface area contributed by atoms with Crippen molar-refractivity contribution in [2.45, 2.75) is 6.42 Å². The third-order valence-electron chi connectivity index (χ3n) is 2.84. The van der Waals surface area contributed by atoms with Gasteiger partial charge in [-0.2, -0.15) is 0 Å². The molecule has 0 aliphatic carbocycles. The molecule has 16 heavy (non-hydrogen) atoms. The van der Waals surface area contributed by atoms with Crippen LogP contribution in [-0.2, 0) is 0 Å². The molecule has 2 N–H and O–H groups in total. The fraction of sp³-hybridized carbons (Fsp3) is 0.600.